The van der Waals surface area contributed by atoms with E-state index in [9.17, 15) is 9.50 Å². The molecule has 1 aliphatic rings. The Balaban J connectivity index is 0.00000242. The highest BCUT2D eigenvalue weighted by Crippen LogP contribution is 2.37. The molecule has 4 heteroatoms. The molecule has 2 nitrogen and oxygen atoms in total. The molecule has 2 atom stereocenters. The van der Waals surface area contributed by atoms with Gasteiger partial charge in [0.2, 0.25) is 0 Å². The molecule has 0 spiro atoms. The molecule has 1 aromatic rings. The standard InChI is InChI=1S/C18H28FNO.ClH/c1-3-20(4-2)14-16-10-7-8-12-18(16,21)13-15-9-5-6-11-17(15)19;/h5-6,9,11,16,21H,3-4,7-8,10,12-14H2,1-2H3;1H/t16-,18+;/m1./s1. The molecule has 22 heavy (non-hydrogen) atoms. The van der Waals surface area contributed by atoms with E-state index in [0.29, 0.717) is 12.0 Å². The van der Waals surface area contributed by atoms with Gasteiger partial charge >= 0.3 is 0 Å². The summed E-state index contributed by atoms with van der Waals surface area (Å²) in [4.78, 5) is 2.36. The van der Waals surface area contributed by atoms with E-state index < -0.39 is 5.60 Å². The molecule has 2 rings (SSSR count). The second-order valence-corrected chi connectivity index (χ2v) is 6.30. The number of aliphatic hydroxyl groups is 1. The van der Waals surface area contributed by atoms with Gasteiger partial charge in [-0.3, -0.25) is 0 Å². The maximum Gasteiger partial charge on any atom is 0.126 e. The minimum atomic E-state index is -0.761. The molecular weight excluding hydrogens is 301 g/mol. The monoisotopic (exact) mass is 329 g/mol. The van der Waals surface area contributed by atoms with Crippen LogP contribution in [0.5, 0.6) is 0 Å². The lowest BCUT2D eigenvalue weighted by Crippen LogP contribution is -2.48. The Labute approximate surface area is 140 Å². The van der Waals surface area contributed by atoms with E-state index in [1.165, 1.54) is 12.5 Å². The maximum atomic E-state index is 13.9. The van der Waals surface area contributed by atoms with Crippen LogP contribution in [0.2, 0.25) is 0 Å². The van der Waals surface area contributed by atoms with Gasteiger partial charge in [-0.15, -0.1) is 12.4 Å². The molecule has 1 saturated carbocycles. The van der Waals surface area contributed by atoms with Crippen molar-refractivity contribution in [2.24, 2.45) is 5.92 Å². The molecule has 0 aromatic heterocycles. The summed E-state index contributed by atoms with van der Waals surface area (Å²) in [5.74, 6) is 0.0452. The van der Waals surface area contributed by atoms with Crippen molar-refractivity contribution >= 4 is 12.4 Å². The summed E-state index contributed by atoms with van der Waals surface area (Å²) in [5.41, 5.74) is -0.116. The molecule has 0 aliphatic heterocycles. The molecule has 1 aliphatic carbocycles. The van der Waals surface area contributed by atoms with Gasteiger partial charge in [-0.05, 0) is 37.6 Å². The van der Waals surface area contributed by atoms with Crippen molar-refractivity contribution in [1.82, 2.24) is 4.90 Å². The fraction of sp³-hybridized carbons (Fsp3) is 0.667. The van der Waals surface area contributed by atoms with E-state index in [4.69, 9.17) is 0 Å². The normalized spacial score (nSPS) is 25.0. The molecule has 0 unspecified atom stereocenters. The number of hydrogen-bond donors (Lipinski definition) is 1. The van der Waals surface area contributed by atoms with E-state index in [1.807, 2.05) is 6.07 Å². The maximum absolute atomic E-state index is 13.9. The third-order valence-electron chi connectivity index (χ3n) is 5.00. The molecule has 1 aromatic carbocycles. The molecule has 0 heterocycles. The van der Waals surface area contributed by atoms with E-state index in [0.717, 1.165) is 38.9 Å². The number of hydrogen-bond acceptors (Lipinski definition) is 2. The van der Waals surface area contributed by atoms with Crippen LogP contribution < -0.4 is 0 Å². The van der Waals surface area contributed by atoms with Crippen LogP contribution >= 0.6 is 12.4 Å². The number of rotatable bonds is 6. The highest BCUT2D eigenvalue weighted by atomic mass is 35.5. The fourth-order valence-electron chi connectivity index (χ4n) is 3.55. The summed E-state index contributed by atoms with van der Waals surface area (Å²) in [6.45, 7) is 7.23. The highest BCUT2D eigenvalue weighted by molar-refractivity contribution is 5.85. The molecule has 0 radical (unpaired) electrons. The smallest absolute Gasteiger partial charge is 0.126 e. The summed E-state index contributed by atoms with van der Waals surface area (Å²) in [6, 6.07) is 6.85. The fourth-order valence-corrected chi connectivity index (χ4v) is 3.55. The summed E-state index contributed by atoms with van der Waals surface area (Å²) >= 11 is 0. The minimum absolute atomic E-state index is 0. The van der Waals surface area contributed by atoms with Crippen molar-refractivity contribution in [1.29, 1.82) is 0 Å². The molecule has 0 saturated heterocycles. The predicted octanol–water partition coefficient (Wildman–Crippen LogP) is 4.05. The van der Waals surface area contributed by atoms with Crippen LogP contribution in [0.15, 0.2) is 24.3 Å². The topological polar surface area (TPSA) is 23.5 Å². The Bertz CT molecular complexity index is 452. The molecule has 126 valence electrons. The predicted molar refractivity (Wildman–Crippen MR) is 92.0 cm³/mol. The Hall–Kier alpha value is -0.640. The average Bonchev–Trinajstić information content (AvgIpc) is 2.49. The lowest BCUT2D eigenvalue weighted by atomic mass is 9.72. The molecule has 1 fully saturated rings. The van der Waals surface area contributed by atoms with E-state index in [2.05, 4.69) is 18.7 Å². The van der Waals surface area contributed by atoms with Gasteiger partial charge in [0.1, 0.15) is 5.82 Å². The second kappa shape index (κ2) is 8.85. The van der Waals surface area contributed by atoms with Crippen molar-refractivity contribution < 1.29 is 9.50 Å². The SMILES string of the molecule is CCN(CC)C[C@H]1CCCC[C@]1(O)Cc1ccccc1F.Cl. The van der Waals surface area contributed by atoms with Gasteiger partial charge < -0.3 is 10.0 Å². The van der Waals surface area contributed by atoms with Gasteiger partial charge in [0.05, 0.1) is 5.60 Å². The van der Waals surface area contributed by atoms with Crippen LogP contribution in [0.25, 0.3) is 0 Å². The lowest BCUT2D eigenvalue weighted by molar-refractivity contribution is -0.0588. The first-order valence-electron chi connectivity index (χ1n) is 8.27. The Kier molecular flexibility index (Phi) is 7.81. The van der Waals surface area contributed by atoms with Crippen LogP contribution in [0.1, 0.15) is 45.1 Å². The van der Waals surface area contributed by atoms with Crippen LogP contribution in [-0.2, 0) is 6.42 Å². The zero-order valence-corrected chi connectivity index (χ0v) is 14.5. The zero-order chi connectivity index (χ0) is 15.3. The Morgan fingerprint density at radius 2 is 1.91 bits per heavy atom. The van der Waals surface area contributed by atoms with Crippen LogP contribution in [0.4, 0.5) is 4.39 Å². The number of halogens is 2. The van der Waals surface area contributed by atoms with Gasteiger partial charge in [0, 0.05) is 18.9 Å². The highest BCUT2D eigenvalue weighted by Gasteiger charge is 2.39. The Morgan fingerprint density at radius 1 is 1.23 bits per heavy atom. The van der Waals surface area contributed by atoms with Crippen LogP contribution in [0, 0.1) is 11.7 Å². The van der Waals surface area contributed by atoms with Crippen molar-refractivity contribution in [3.05, 3.63) is 35.6 Å². The quantitative estimate of drug-likeness (QED) is 0.851. The molecular formula is C18H29ClFNO. The van der Waals surface area contributed by atoms with Crippen molar-refractivity contribution in [3.63, 3.8) is 0 Å². The van der Waals surface area contributed by atoms with Crippen molar-refractivity contribution in [2.45, 2.75) is 51.6 Å². The average molecular weight is 330 g/mol. The number of nitrogens with zero attached hydrogens (tertiary/aromatic N) is 1. The van der Waals surface area contributed by atoms with Gasteiger partial charge in [0.25, 0.3) is 0 Å². The first-order chi connectivity index (χ1) is 10.1. The van der Waals surface area contributed by atoms with Gasteiger partial charge in [-0.2, -0.15) is 0 Å². The molecule has 1 N–H and O–H groups in total. The lowest BCUT2D eigenvalue weighted by Gasteiger charge is -2.42. The van der Waals surface area contributed by atoms with Gasteiger partial charge in [0.15, 0.2) is 0 Å². The minimum Gasteiger partial charge on any atom is -0.389 e. The summed E-state index contributed by atoms with van der Waals surface area (Å²) < 4.78 is 13.9. The Morgan fingerprint density at radius 3 is 2.55 bits per heavy atom. The van der Waals surface area contributed by atoms with Crippen LogP contribution in [0.3, 0.4) is 0 Å². The second-order valence-electron chi connectivity index (χ2n) is 6.30. The molecule has 0 amide bonds. The van der Waals surface area contributed by atoms with E-state index in [1.54, 1.807) is 12.1 Å². The largest absolute Gasteiger partial charge is 0.389 e. The first-order valence-corrected chi connectivity index (χ1v) is 8.27. The van der Waals surface area contributed by atoms with Crippen molar-refractivity contribution in [2.75, 3.05) is 19.6 Å². The van der Waals surface area contributed by atoms with E-state index in [-0.39, 0.29) is 24.1 Å². The van der Waals surface area contributed by atoms with E-state index >= 15 is 0 Å². The van der Waals surface area contributed by atoms with Gasteiger partial charge in [-0.1, -0.05) is 44.9 Å². The van der Waals surface area contributed by atoms with Crippen LogP contribution in [-0.4, -0.2) is 35.2 Å². The summed E-state index contributed by atoms with van der Waals surface area (Å²) in [5, 5.41) is 11.2. The number of benzene rings is 1. The first kappa shape index (κ1) is 19.4. The molecule has 0 bridgehead atoms. The van der Waals surface area contributed by atoms with Gasteiger partial charge in [-0.25, -0.2) is 4.39 Å². The third kappa shape index (κ3) is 4.68. The summed E-state index contributed by atoms with van der Waals surface area (Å²) in [7, 11) is 0. The third-order valence-corrected chi connectivity index (χ3v) is 5.00. The van der Waals surface area contributed by atoms with Crippen molar-refractivity contribution in [3.8, 4) is 0 Å². The zero-order valence-electron chi connectivity index (χ0n) is 13.7. The summed E-state index contributed by atoms with van der Waals surface area (Å²) in [6.07, 6.45) is 4.48.